The summed E-state index contributed by atoms with van der Waals surface area (Å²) in [7, 11) is -3.54. The molecule has 1 saturated heterocycles. The van der Waals surface area contributed by atoms with Crippen LogP contribution in [0.4, 0.5) is 5.69 Å². The molecule has 0 unspecified atom stereocenters. The Bertz CT molecular complexity index is 639. The van der Waals surface area contributed by atoms with Gasteiger partial charge < -0.3 is 10.1 Å². The monoisotopic (exact) mass is 340 g/mol. The number of para-hydroxylation sites is 1. The van der Waals surface area contributed by atoms with Gasteiger partial charge in [-0.1, -0.05) is 25.1 Å². The molecule has 0 saturated carbocycles. The van der Waals surface area contributed by atoms with E-state index in [4.69, 9.17) is 4.74 Å². The summed E-state index contributed by atoms with van der Waals surface area (Å²) < 4.78 is 30.8. The average Bonchev–Trinajstić information content (AvgIpc) is 3.03. The molecule has 128 valence electrons. The van der Waals surface area contributed by atoms with Gasteiger partial charge >= 0.3 is 0 Å². The Balaban J connectivity index is 2.08. The standard InChI is InChI=1S/C16H24N2O4S/c1-3-13-7-4-5-9-15(13)18(23(2,20)21)12-16(19)17-11-14-8-6-10-22-14/h4-5,7,9,14H,3,6,8,10-12H2,1-2H3,(H,17,19)/t14-/m1/s1. The first-order chi connectivity index (χ1) is 10.9. The zero-order valence-electron chi connectivity index (χ0n) is 13.6. The molecule has 1 aliphatic rings. The fraction of sp³-hybridized carbons (Fsp3) is 0.562. The highest BCUT2D eigenvalue weighted by Gasteiger charge is 2.23. The van der Waals surface area contributed by atoms with E-state index in [-0.39, 0.29) is 18.6 Å². The fourth-order valence-electron chi connectivity index (χ4n) is 2.65. The van der Waals surface area contributed by atoms with Crippen LogP contribution in [0.25, 0.3) is 0 Å². The molecule has 0 radical (unpaired) electrons. The maximum Gasteiger partial charge on any atom is 0.240 e. The number of hydrogen-bond acceptors (Lipinski definition) is 4. The Morgan fingerprint density at radius 3 is 2.74 bits per heavy atom. The second-order valence-corrected chi connectivity index (χ2v) is 7.60. The van der Waals surface area contributed by atoms with Gasteiger partial charge in [0, 0.05) is 13.2 Å². The van der Waals surface area contributed by atoms with Crippen LogP contribution in [0.3, 0.4) is 0 Å². The van der Waals surface area contributed by atoms with Crippen LogP contribution in [0, 0.1) is 0 Å². The van der Waals surface area contributed by atoms with E-state index >= 15 is 0 Å². The third kappa shape index (κ3) is 4.94. The third-order valence-corrected chi connectivity index (χ3v) is 5.01. The number of nitrogens with zero attached hydrogens (tertiary/aromatic N) is 1. The van der Waals surface area contributed by atoms with E-state index in [9.17, 15) is 13.2 Å². The summed E-state index contributed by atoms with van der Waals surface area (Å²) in [6.07, 6.45) is 3.77. The first-order valence-electron chi connectivity index (χ1n) is 7.85. The molecule has 6 nitrogen and oxygen atoms in total. The summed E-state index contributed by atoms with van der Waals surface area (Å²) in [6.45, 7) is 2.88. The van der Waals surface area contributed by atoms with Gasteiger partial charge in [0.1, 0.15) is 6.54 Å². The molecule has 1 amide bonds. The number of anilines is 1. The van der Waals surface area contributed by atoms with Gasteiger partial charge in [-0.3, -0.25) is 9.10 Å². The predicted octanol–water partition coefficient (Wildman–Crippen LogP) is 1.31. The number of carbonyl (C=O) groups excluding carboxylic acids is 1. The number of benzene rings is 1. The molecule has 1 fully saturated rings. The molecule has 0 spiro atoms. The zero-order valence-corrected chi connectivity index (χ0v) is 14.4. The first-order valence-corrected chi connectivity index (χ1v) is 9.70. The average molecular weight is 340 g/mol. The molecule has 23 heavy (non-hydrogen) atoms. The van der Waals surface area contributed by atoms with Gasteiger partial charge in [-0.05, 0) is 30.9 Å². The van der Waals surface area contributed by atoms with Crippen molar-refractivity contribution >= 4 is 21.6 Å². The van der Waals surface area contributed by atoms with Crippen LogP contribution in [0.1, 0.15) is 25.3 Å². The Labute approximate surface area is 137 Å². The van der Waals surface area contributed by atoms with Gasteiger partial charge in [-0.25, -0.2) is 8.42 Å². The molecule has 7 heteroatoms. The minimum absolute atomic E-state index is 0.0357. The van der Waals surface area contributed by atoms with Crippen molar-refractivity contribution in [1.82, 2.24) is 5.32 Å². The second kappa shape index (κ2) is 7.79. The van der Waals surface area contributed by atoms with Crippen molar-refractivity contribution < 1.29 is 17.9 Å². The van der Waals surface area contributed by atoms with Crippen molar-refractivity contribution in [3.8, 4) is 0 Å². The van der Waals surface area contributed by atoms with Crippen molar-refractivity contribution in [2.45, 2.75) is 32.3 Å². The number of carbonyl (C=O) groups is 1. The minimum atomic E-state index is -3.54. The van der Waals surface area contributed by atoms with Crippen molar-refractivity contribution in [3.63, 3.8) is 0 Å². The van der Waals surface area contributed by atoms with Gasteiger partial charge in [0.25, 0.3) is 0 Å². The Kier molecular flexibility index (Phi) is 6.01. The Morgan fingerprint density at radius 1 is 1.39 bits per heavy atom. The molecule has 1 atom stereocenters. The van der Waals surface area contributed by atoms with E-state index in [1.54, 1.807) is 12.1 Å². The van der Waals surface area contributed by atoms with Crippen LogP contribution in [0.5, 0.6) is 0 Å². The molecule has 1 aromatic rings. The van der Waals surface area contributed by atoms with Crippen LogP contribution in [0.15, 0.2) is 24.3 Å². The van der Waals surface area contributed by atoms with Crippen LogP contribution in [-0.2, 0) is 26.0 Å². The van der Waals surface area contributed by atoms with Gasteiger partial charge in [0.2, 0.25) is 15.9 Å². The SMILES string of the molecule is CCc1ccccc1N(CC(=O)NC[C@H]1CCCO1)S(C)(=O)=O. The van der Waals surface area contributed by atoms with Crippen molar-refractivity contribution in [2.75, 3.05) is 30.3 Å². The maximum atomic E-state index is 12.2. The van der Waals surface area contributed by atoms with Crippen molar-refractivity contribution in [2.24, 2.45) is 0 Å². The van der Waals surface area contributed by atoms with Crippen LogP contribution < -0.4 is 9.62 Å². The fourth-order valence-corrected chi connectivity index (χ4v) is 3.54. The second-order valence-electron chi connectivity index (χ2n) is 5.69. The highest BCUT2D eigenvalue weighted by molar-refractivity contribution is 7.92. The lowest BCUT2D eigenvalue weighted by Crippen LogP contribution is -2.42. The lowest BCUT2D eigenvalue weighted by Gasteiger charge is -2.24. The normalized spacial score (nSPS) is 17.9. The Morgan fingerprint density at radius 2 is 2.13 bits per heavy atom. The van der Waals surface area contributed by atoms with Crippen LogP contribution in [-0.4, -0.2) is 46.4 Å². The summed E-state index contributed by atoms with van der Waals surface area (Å²) in [5.74, 6) is -0.322. The molecule has 1 aromatic carbocycles. The smallest absolute Gasteiger partial charge is 0.240 e. The van der Waals surface area contributed by atoms with Crippen LogP contribution >= 0.6 is 0 Å². The topological polar surface area (TPSA) is 75.7 Å². The molecule has 1 heterocycles. The van der Waals surface area contributed by atoms with E-state index in [0.29, 0.717) is 18.7 Å². The number of hydrogen-bond donors (Lipinski definition) is 1. The Hall–Kier alpha value is -1.60. The predicted molar refractivity (Wildman–Crippen MR) is 90.0 cm³/mol. The molecular formula is C16H24N2O4S. The summed E-state index contributed by atoms with van der Waals surface area (Å²) >= 11 is 0. The lowest BCUT2D eigenvalue weighted by molar-refractivity contribution is -0.120. The molecule has 1 N–H and O–H groups in total. The number of amides is 1. The van der Waals surface area contributed by atoms with Gasteiger partial charge in [0.15, 0.2) is 0 Å². The van der Waals surface area contributed by atoms with Gasteiger partial charge in [-0.2, -0.15) is 0 Å². The van der Waals surface area contributed by atoms with Gasteiger partial charge in [-0.15, -0.1) is 0 Å². The quantitative estimate of drug-likeness (QED) is 0.812. The number of aryl methyl sites for hydroxylation is 1. The number of rotatable bonds is 7. The van der Waals surface area contributed by atoms with E-state index < -0.39 is 10.0 Å². The molecule has 0 bridgehead atoms. The van der Waals surface area contributed by atoms with E-state index in [0.717, 1.165) is 35.6 Å². The summed E-state index contributed by atoms with van der Waals surface area (Å²) in [6, 6.07) is 7.24. The van der Waals surface area contributed by atoms with Crippen LogP contribution in [0.2, 0.25) is 0 Å². The zero-order chi connectivity index (χ0) is 16.9. The van der Waals surface area contributed by atoms with E-state index in [2.05, 4.69) is 5.32 Å². The summed E-state index contributed by atoms with van der Waals surface area (Å²) in [4.78, 5) is 12.2. The third-order valence-electron chi connectivity index (χ3n) is 3.88. The largest absolute Gasteiger partial charge is 0.376 e. The van der Waals surface area contributed by atoms with E-state index in [1.165, 1.54) is 0 Å². The summed E-state index contributed by atoms with van der Waals surface area (Å²) in [5.41, 5.74) is 1.45. The molecule has 1 aliphatic heterocycles. The first kappa shape index (κ1) is 17.7. The molecule has 0 aliphatic carbocycles. The van der Waals surface area contributed by atoms with Crippen molar-refractivity contribution in [1.29, 1.82) is 0 Å². The highest BCUT2D eigenvalue weighted by atomic mass is 32.2. The molecular weight excluding hydrogens is 316 g/mol. The minimum Gasteiger partial charge on any atom is -0.376 e. The number of sulfonamides is 1. The van der Waals surface area contributed by atoms with E-state index in [1.807, 2.05) is 19.1 Å². The van der Waals surface area contributed by atoms with Crippen molar-refractivity contribution in [3.05, 3.63) is 29.8 Å². The number of ether oxygens (including phenoxy) is 1. The maximum absolute atomic E-state index is 12.2. The molecule has 2 rings (SSSR count). The highest BCUT2D eigenvalue weighted by Crippen LogP contribution is 2.23. The lowest BCUT2D eigenvalue weighted by atomic mass is 10.1. The molecule has 0 aromatic heterocycles. The number of nitrogens with one attached hydrogen (secondary N) is 1. The van der Waals surface area contributed by atoms with Gasteiger partial charge in [0.05, 0.1) is 18.0 Å². The summed E-state index contributed by atoms with van der Waals surface area (Å²) in [5, 5.41) is 2.76.